The van der Waals surface area contributed by atoms with Crippen molar-refractivity contribution in [1.29, 1.82) is 0 Å². The van der Waals surface area contributed by atoms with Crippen LogP contribution in [0.3, 0.4) is 0 Å². The number of nitrogens with one attached hydrogen (secondary N) is 1. The average molecular weight is 329 g/mol. The highest BCUT2D eigenvalue weighted by molar-refractivity contribution is 6.30. The summed E-state index contributed by atoms with van der Waals surface area (Å²) in [5, 5.41) is 3.52. The number of rotatable bonds is 4. The summed E-state index contributed by atoms with van der Waals surface area (Å²) in [6.45, 7) is 4.02. The van der Waals surface area contributed by atoms with Crippen molar-refractivity contribution >= 4 is 40.7 Å². The number of alkyl halides is 1. The largest absolute Gasteiger partial charge is 0.351 e. The zero-order valence-corrected chi connectivity index (χ0v) is 13.5. The molecule has 0 spiro atoms. The number of benzene rings is 1. The number of hydrogen-bond donors (Lipinski definition) is 1. The zero-order chi connectivity index (χ0) is 15.6. The van der Waals surface area contributed by atoms with Gasteiger partial charge < -0.3 is 10.2 Å². The number of hydrogen-bond acceptors (Lipinski definition) is 2. The Balaban J connectivity index is 2.03. The molecule has 1 atom stereocenters. The monoisotopic (exact) mass is 328 g/mol. The van der Waals surface area contributed by atoms with Gasteiger partial charge in [0.05, 0.1) is 11.5 Å². The highest BCUT2D eigenvalue weighted by Gasteiger charge is 2.35. The lowest BCUT2D eigenvalue weighted by atomic mass is 9.95. The maximum atomic E-state index is 12.1. The Bertz CT molecular complexity index is 543. The van der Waals surface area contributed by atoms with Gasteiger partial charge in [-0.25, -0.2) is 0 Å². The van der Waals surface area contributed by atoms with Gasteiger partial charge in [0.2, 0.25) is 11.8 Å². The molecule has 0 aliphatic carbocycles. The third-order valence-electron chi connectivity index (χ3n) is 3.55. The van der Waals surface area contributed by atoms with Gasteiger partial charge in [0.25, 0.3) is 0 Å². The van der Waals surface area contributed by atoms with E-state index in [1.807, 2.05) is 0 Å². The van der Waals surface area contributed by atoms with Crippen molar-refractivity contribution in [3.05, 3.63) is 29.3 Å². The van der Waals surface area contributed by atoms with Crippen LogP contribution in [0, 0.1) is 5.41 Å². The Labute approximate surface area is 134 Å². The number of carbonyl (C=O) groups excluding carboxylic acids is 2. The Morgan fingerprint density at radius 1 is 1.38 bits per heavy atom. The second-order valence-electron chi connectivity index (χ2n) is 5.87. The lowest BCUT2D eigenvalue weighted by molar-refractivity contribution is -0.128. The van der Waals surface area contributed by atoms with E-state index in [9.17, 15) is 9.59 Å². The van der Waals surface area contributed by atoms with Crippen LogP contribution in [0.5, 0.6) is 0 Å². The summed E-state index contributed by atoms with van der Waals surface area (Å²) in [6, 6.07) is 6.89. The summed E-state index contributed by atoms with van der Waals surface area (Å²) in [6.07, 6.45) is 0.298. The van der Waals surface area contributed by atoms with Gasteiger partial charge in [0.1, 0.15) is 0 Å². The fourth-order valence-electron chi connectivity index (χ4n) is 2.12. The van der Waals surface area contributed by atoms with Crippen LogP contribution in [-0.2, 0) is 9.59 Å². The molecule has 1 aromatic carbocycles. The van der Waals surface area contributed by atoms with Crippen molar-refractivity contribution in [2.45, 2.75) is 26.3 Å². The standard InChI is InChI=1S/C15H18Cl2N2O2/c1-15(2,9-16)14(21)18-11-7-13(20)19(8-11)12-5-3-10(17)4-6-12/h3-6,11H,7-9H2,1-2H3,(H,18,21)/t11-/m0/s1. The summed E-state index contributed by atoms with van der Waals surface area (Å²) >= 11 is 11.6. The molecule has 0 radical (unpaired) electrons. The Kier molecular flexibility index (Phi) is 4.79. The predicted octanol–water partition coefficient (Wildman–Crippen LogP) is 2.83. The molecule has 1 aliphatic rings. The van der Waals surface area contributed by atoms with Crippen LogP contribution in [0.15, 0.2) is 24.3 Å². The van der Waals surface area contributed by atoms with Gasteiger partial charge in [-0.1, -0.05) is 11.6 Å². The number of halogens is 2. The first-order valence-corrected chi connectivity index (χ1v) is 7.67. The van der Waals surface area contributed by atoms with Crippen LogP contribution >= 0.6 is 23.2 Å². The molecule has 0 aromatic heterocycles. The topological polar surface area (TPSA) is 49.4 Å². The molecule has 0 unspecified atom stereocenters. The van der Waals surface area contributed by atoms with E-state index in [2.05, 4.69) is 5.32 Å². The lowest BCUT2D eigenvalue weighted by Crippen LogP contribution is -2.44. The van der Waals surface area contributed by atoms with E-state index in [0.29, 0.717) is 18.0 Å². The van der Waals surface area contributed by atoms with Crippen molar-refractivity contribution in [2.24, 2.45) is 5.41 Å². The van der Waals surface area contributed by atoms with Crippen LogP contribution in [0.2, 0.25) is 5.02 Å². The fourth-order valence-corrected chi connectivity index (χ4v) is 2.36. The molecule has 1 aliphatic heterocycles. The van der Waals surface area contributed by atoms with Gasteiger partial charge in [0, 0.05) is 29.6 Å². The minimum Gasteiger partial charge on any atom is -0.351 e. The highest BCUT2D eigenvalue weighted by atomic mass is 35.5. The first-order chi connectivity index (χ1) is 9.83. The normalized spacial score (nSPS) is 19.0. The zero-order valence-electron chi connectivity index (χ0n) is 12.0. The van der Waals surface area contributed by atoms with E-state index in [1.165, 1.54) is 0 Å². The Morgan fingerprint density at radius 3 is 2.57 bits per heavy atom. The van der Waals surface area contributed by atoms with Gasteiger partial charge in [0.15, 0.2) is 0 Å². The van der Waals surface area contributed by atoms with E-state index in [4.69, 9.17) is 23.2 Å². The fraction of sp³-hybridized carbons (Fsp3) is 0.467. The van der Waals surface area contributed by atoms with Gasteiger partial charge in [-0.15, -0.1) is 11.6 Å². The summed E-state index contributed by atoms with van der Waals surface area (Å²) in [5.41, 5.74) is 0.149. The SMILES string of the molecule is CC(C)(CCl)C(=O)N[C@H]1CC(=O)N(c2ccc(Cl)cc2)C1. The van der Waals surface area contributed by atoms with Crippen molar-refractivity contribution in [1.82, 2.24) is 5.32 Å². The van der Waals surface area contributed by atoms with Crippen LogP contribution < -0.4 is 10.2 Å². The van der Waals surface area contributed by atoms with Crippen LogP contribution in [-0.4, -0.2) is 30.3 Å². The molecule has 1 fully saturated rings. The summed E-state index contributed by atoms with van der Waals surface area (Å²) < 4.78 is 0. The first kappa shape index (κ1) is 16.1. The number of amides is 2. The second-order valence-corrected chi connectivity index (χ2v) is 6.58. The van der Waals surface area contributed by atoms with Gasteiger partial charge in [-0.2, -0.15) is 0 Å². The molecule has 2 rings (SSSR count). The minimum atomic E-state index is -0.641. The van der Waals surface area contributed by atoms with E-state index >= 15 is 0 Å². The molecule has 1 saturated heterocycles. The van der Waals surface area contributed by atoms with Gasteiger partial charge in [-0.3, -0.25) is 9.59 Å². The molecule has 0 bridgehead atoms. The molecule has 114 valence electrons. The third-order valence-corrected chi connectivity index (χ3v) is 4.47. The predicted molar refractivity (Wildman–Crippen MR) is 84.9 cm³/mol. The number of carbonyl (C=O) groups is 2. The summed E-state index contributed by atoms with van der Waals surface area (Å²) in [4.78, 5) is 25.9. The molecule has 2 amide bonds. The molecule has 21 heavy (non-hydrogen) atoms. The molecule has 4 nitrogen and oxygen atoms in total. The summed E-state index contributed by atoms with van der Waals surface area (Å²) in [5.74, 6) is 0.0972. The third kappa shape index (κ3) is 3.69. The van der Waals surface area contributed by atoms with Crippen molar-refractivity contribution in [3.63, 3.8) is 0 Å². The van der Waals surface area contributed by atoms with Crippen molar-refractivity contribution in [3.8, 4) is 0 Å². The maximum Gasteiger partial charge on any atom is 0.229 e. The van der Waals surface area contributed by atoms with Crippen LogP contribution in [0.1, 0.15) is 20.3 Å². The Hall–Kier alpha value is -1.26. The smallest absolute Gasteiger partial charge is 0.229 e. The average Bonchev–Trinajstić information content (AvgIpc) is 2.80. The van der Waals surface area contributed by atoms with E-state index in [-0.39, 0.29) is 23.7 Å². The number of nitrogens with zero attached hydrogens (tertiary/aromatic N) is 1. The molecule has 0 saturated carbocycles. The van der Waals surface area contributed by atoms with E-state index in [1.54, 1.807) is 43.0 Å². The van der Waals surface area contributed by atoms with E-state index in [0.717, 1.165) is 5.69 Å². The highest BCUT2D eigenvalue weighted by Crippen LogP contribution is 2.24. The Morgan fingerprint density at radius 2 is 2.00 bits per heavy atom. The lowest BCUT2D eigenvalue weighted by Gasteiger charge is -2.23. The molecular formula is C15H18Cl2N2O2. The number of anilines is 1. The molecular weight excluding hydrogens is 311 g/mol. The maximum absolute atomic E-state index is 12.1. The van der Waals surface area contributed by atoms with Crippen molar-refractivity contribution < 1.29 is 9.59 Å². The molecule has 1 aromatic rings. The molecule has 6 heteroatoms. The summed E-state index contributed by atoms with van der Waals surface area (Å²) in [7, 11) is 0. The first-order valence-electron chi connectivity index (χ1n) is 6.76. The quantitative estimate of drug-likeness (QED) is 0.864. The molecule has 1 heterocycles. The van der Waals surface area contributed by atoms with Gasteiger partial charge >= 0.3 is 0 Å². The van der Waals surface area contributed by atoms with Gasteiger partial charge in [-0.05, 0) is 38.1 Å². The minimum absolute atomic E-state index is 0.00805. The van der Waals surface area contributed by atoms with Crippen molar-refractivity contribution in [2.75, 3.05) is 17.3 Å². The molecule has 1 N–H and O–H groups in total. The van der Waals surface area contributed by atoms with Crippen LogP contribution in [0.25, 0.3) is 0 Å². The van der Waals surface area contributed by atoms with E-state index < -0.39 is 5.41 Å². The van der Waals surface area contributed by atoms with Crippen LogP contribution in [0.4, 0.5) is 5.69 Å². The second kappa shape index (κ2) is 6.24.